The number of likely N-dealkylation sites (tertiary alicyclic amines) is 1. The summed E-state index contributed by atoms with van der Waals surface area (Å²) in [5.41, 5.74) is 2.07. The number of nitrogens with zero attached hydrogens (tertiary/aromatic N) is 3. The second kappa shape index (κ2) is 6.54. The zero-order valence-corrected chi connectivity index (χ0v) is 14.1. The van der Waals surface area contributed by atoms with E-state index in [0.29, 0.717) is 26.2 Å². The maximum atomic E-state index is 12.1. The highest BCUT2D eigenvalue weighted by molar-refractivity contribution is 7.12. The molecule has 0 unspecified atom stereocenters. The number of hydrogen-bond donors (Lipinski definition) is 1. The molecule has 23 heavy (non-hydrogen) atoms. The van der Waals surface area contributed by atoms with E-state index in [4.69, 9.17) is 0 Å². The second-order valence-corrected chi connectivity index (χ2v) is 6.77. The van der Waals surface area contributed by atoms with Crippen LogP contribution in [0.5, 0.6) is 0 Å². The summed E-state index contributed by atoms with van der Waals surface area (Å²) in [6.45, 7) is 6.18. The molecule has 7 heteroatoms. The Morgan fingerprint density at radius 3 is 2.78 bits per heavy atom. The molecular weight excluding hydrogens is 312 g/mol. The first kappa shape index (κ1) is 15.7. The summed E-state index contributed by atoms with van der Waals surface area (Å²) in [5.74, 6) is -0.0622. The molecule has 2 amide bonds. The van der Waals surface area contributed by atoms with Crippen LogP contribution in [0, 0.1) is 19.8 Å². The quantitative estimate of drug-likeness (QED) is 0.901. The fourth-order valence-corrected chi connectivity index (χ4v) is 3.39. The fraction of sp³-hybridized carbons (Fsp3) is 0.438. The average Bonchev–Trinajstić information content (AvgIpc) is 3.07. The molecule has 1 aliphatic rings. The summed E-state index contributed by atoms with van der Waals surface area (Å²) < 4.78 is 1.89. The Hall–Kier alpha value is -2.15. The lowest BCUT2D eigenvalue weighted by atomic mass is 9.99. The van der Waals surface area contributed by atoms with Crippen molar-refractivity contribution in [1.29, 1.82) is 0 Å². The molecule has 2 aromatic heterocycles. The summed E-state index contributed by atoms with van der Waals surface area (Å²) in [7, 11) is 0. The molecular formula is C16H20N4O2S. The van der Waals surface area contributed by atoms with E-state index in [2.05, 4.69) is 10.4 Å². The van der Waals surface area contributed by atoms with Crippen molar-refractivity contribution in [1.82, 2.24) is 20.0 Å². The van der Waals surface area contributed by atoms with Gasteiger partial charge >= 0.3 is 0 Å². The van der Waals surface area contributed by atoms with E-state index in [1.54, 1.807) is 4.90 Å². The van der Waals surface area contributed by atoms with Crippen molar-refractivity contribution in [3.63, 3.8) is 0 Å². The van der Waals surface area contributed by atoms with Gasteiger partial charge in [-0.05, 0) is 31.4 Å². The van der Waals surface area contributed by atoms with Crippen LogP contribution in [0.25, 0.3) is 0 Å². The molecule has 122 valence electrons. The summed E-state index contributed by atoms with van der Waals surface area (Å²) in [5, 5.41) is 9.18. The van der Waals surface area contributed by atoms with Gasteiger partial charge in [-0.15, -0.1) is 11.3 Å². The van der Waals surface area contributed by atoms with E-state index in [-0.39, 0.29) is 17.7 Å². The Morgan fingerprint density at radius 1 is 1.39 bits per heavy atom. The third kappa shape index (κ3) is 3.44. The van der Waals surface area contributed by atoms with Crippen molar-refractivity contribution in [3.05, 3.63) is 39.8 Å². The van der Waals surface area contributed by atoms with Crippen LogP contribution in [0.1, 0.15) is 21.1 Å². The van der Waals surface area contributed by atoms with Crippen molar-refractivity contribution >= 4 is 23.2 Å². The van der Waals surface area contributed by atoms with Gasteiger partial charge in [-0.25, -0.2) is 0 Å². The van der Waals surface area contributed by atoms with Crippen LogP contribution in [0.3, 0.4) is 0 Å². The summed E-state index contributed by atoms with van der Waals surface area (Å²) in [6.07, 6.45) is 0. The highest BCUT2D eigenvalue weighted by Crippen LogP contribution is 2.21. The Kier molecular flexibility index (Phi) is 4.47. The molecule has 1 N–H and O–H groups in total. The van der Waals surface area contributed by atoms with Crippen molar-refractivity contribution in [2.75, 3.05) is 19.6 Å². The summed E-state index contributed by atoms with van der Waals surface area (Å²) in [6, 6.07) is 5.69. The van der Waals surface area contributed by atoms with Gasteiger partial charge < -0.3 is 10.2 Å². The highest BCUT2D eigenvalue weighted by Gasteiger charge is 2.36. The van der Waals surface area contributed by atoms with Crippen LogP contribution < -0.4 is 5.32 Å². The van der Waals surface area contributed by atoms with Crippen molar-refractivity contribution in [2.45, 2.75) is 20.4 Å². The van der Waals surface area contributed by atoms with Crippen molar-refractivity contribution in [2.24, 2.45) is 5.92 Å². The van der Waals surface area contributed by atoms with E-state index in [0.717, 1.165) is 16.3 Å². The lowest BCUT2D eigenvalue weighted by Crippen LogP contribution is -2.55. The summed E-state index contributed by atoms with van der Waals surface area (Å²) >= 11 is 1.43. The van der Waals surface area contributed by atoms with Crippen LogP contribution in [0.2, 0.25) is 0 Å². The first-order valence-corrected chi connectivity index (χ1v) is 8.54. The van der Waals surface area contributed by atoms with Crippen LogP contribution in [0.4, 0.5) is 0 Å². The number of aromatic nitrogens is 2. The maximum Gasteiger partial charge on any atom is 0.263 e. The molecule has 6 nitrogen and oxygen atoms in total. The molecule has 0 aliphatic carbocycles. The SMILES string of the molecule is Cc1cc(C)n(CCNC(=O)C2CN(C(=O)c3cccs3)C2)n1. The second-order valence-electron chi connectivity index (χ2n) is 5.83. The van der Waals surface area contributed by atoms with E-state index < -0.39 is 0 Å². The topological polar surface area (TPSA) is 67.2 Å². The fourth-order valence-electron chi connectivity index (χ4n) is 2.70. The number of carbonyl (C=O) groups is 2. The van der Waals surface area contributed by atoms with Gasteiger partial charge in [0.25, 0.3) is 5.91 Å². The monoisotopic (exact) mass is 332 g/mol. The minimum Gasteiger partial charge on any atom is -0.354 e. The summed E-state index contributed by atoms with van der Waals surface area (Å²) in [4.78, 5) is 26.6. The number of aryl methyl sites for hydroxylation is 2. The lowest BCUT2D eigenvalue weighted by Gasteiger charge is -2.37. The molecule has 1 aliphatic heterocycles. The minimum atomic E-state index is -0.0978. The number of thiophene rings is 1. The predicted octanol–water partition coefficient (Wildman–Crippen LogP) is 1.45. The van der Waals surface area contributed by atoms with Gasteiger partial charge in [0.2, 0.25) is 5.91 Å². The van der Waals surface area contributed by atoms with Crippen LogP contribution >= 0.6 is 11.3 Å². The molecule has 0 aromatic carbocycles. The largest absolute Gasteiger partial charge is 0.354 e. The molecule has 3 rings (SSSR count). The van der Waals surface area contributed by atoms with Gasteiger partial charge in [0.15, 0.2) is 0 Å². The molecule has 0 bridgehead atoms. The Morgan fingerprint density at radius 2 is 2.17 bits per heavy atom. The molecule has 0 spiro atoms. The molecule has 1 saturated heterocycles. The molecule has 2 aromatic rings. The maximum absolute atomic E-state index is 12.1. The molecule has 3 heterocycles. The Balaban J connectivity index is 1.41. The number of hydrogen-bond acceptors (Lipinski definition) is 4. The van der Waals surface area contributed by atoms with Gasteiger partial charge in [0.05, 0.1) is 23.0 Å². The third-order valence-corrected chi connectivity index (χ3v) is 4.86. The zero-order chi connectivity index (χ0) is 16.4. The van der Waals surface area contributed by atoms with E-state index >= 15 is 0 Å². The van der Waals surface area contributed by atoms with Gasteiger partial charge in [-0.1, -0.05) is 6.07 Å². The number of carbonyl (C=O) groups excluding carboxylic acids is 2. The third-order valence-electron chi connectivity index (χ3n) is 4.00. The minimum absolute atomic E-state index is 0.0155. The van der Waals surface area contributed by atoms with Gasteiger partial charge in [0.1, 0.15) is 0 Å². The van der Waals surface area contributed by atoms with Crippen LogP contribution in [0.15, 0.2) is 23.6 Å². The van der Waals surface area contributed by atoms with E-state index in [1.807, 2.05) is 42.1 Å². The van der Waals surface area contributed by atoms with Gasteiger partial charge in [0, 0.05) is 25.3 Å². The van der Waals surface area contributed by atoms with E-state index in [9.17, 15) is 9.59 Å². The van der Waals surface area contributed by atoms with Crippen LogP contribution in [-0.2, 0) is 11.3 Å². The first-order valence-electron chi connectivity index (χ1n) is 7.66. The number of rotatable bonds is 5. The van der Waals surface area contributed by atoms with Gasteiger partial charge in [-0.3, -0.25) is 14.3 Å². The van der Waals surface area contributed by atoms with Crippen LogP contribution in [-0.4, -0.2) is 46.1 Å². The van der Waals surface area contributed by atoms with E-state index in [1.165, 1.54) is 11.3 Å². The highest BCUT2D eigenvalue weighted by atomic mass is 32.1. The lowest BCUT2D eigenvalue weighted by molar-refractivity contribution is -0.129. The standard InChI is InChI=1S/C16H20N4O2S/c1-11-8-12(2)20(18-11)6-5-17-15(21)13-9-19(10-13)16(22)14-4-3-7-23-14/h3-4,7-8,13H,5-6,9-10H2,1-2H3,(H,17,21). The normalized spacial score (nSPS) is 14.6. The van der Waals surface area contributed by atoms with Crippen molar-refractivity contribution < 1.29 is 9.59 Å². The molecule has 0 atom stereocenters. The first-order chi connectivity index (χ1) is 11.0. The Labute approximate surface area is 139 Å². The zero-order valence-electron chi connectivity index (χ0n) is 13.3. The molecule has 0 radical (unpaired) electrons. The van der Waals surface area contributed by atoms with Gasteiger partial charge in [-0.2, -0.15) is 5.10 Å². The molecule has 0 saturated carbocycles. The number of nitrogens with one attached hydrogen (secondary N) is 1. The smallest absolute Gasteiger partial charge is 0.263 e. The average molecular weight is 332 g/mol. The van der Waals surface area contributed by atoms with Crippen molar-refractivity contribution in [3.8, 4) is 0 Å². The number of amides is 2. The Bertz CT molecular complexity index is 702. The predicted molar refractivity (Wildman–Crippen MR) is 88.4 cm³/mol. The molecule has 1 fully saturated rings.